The first kappa shape index (κ1) is 10.6. The highest BCUT2D eigenvalue weighted by Gasteiger charge is 2.05. The highest BCUT2D eigenvalue weighted by molar-refractivity contribution is 7.80. The third-order valence-corrected chi connectivity index (χ3v) is 2.19. The van der Waals surface area contributed by atoms with Crippen molar-refractivity contribution in [1.29, 1.82) is 0 Å². The summed E-state index contributed by atoms with van der Waals surface area (Å²) in [5, 5.41) is 6.93. The first-order chi connectivity index (χ1) is 7.77. The number of rotatable bonds is 4. The van der Waals surface area contributed by atoms with E-state index in [-0.39, 0.29) is 4.99 Å². The molecule has 3 N–H and O–H groups in total. The van der Waals surface area contributed by atoms with E-state index >= 15 is 0 Å². The van der Waals surface area contributed by atoms with Gasteiger partial charge in [-0.25, -0.2) is 0 Å². The van der Waals surface area contributed by atoms with Crippen LogP contribution in [0.1, 0.15) is 11.4 Å². The lowest BCUT2D eigenvalue weighted by Gasteiger charge is -2.08. The molecule has 0 fully saturated rings. The molecule has 5 nitrogen and oxygen atoms in total. The minimum absolute atomic E-state index is 0.267. The van der Waals surface area contributed by atoms with Crippen LogP contribution >= 0.6 is 12.2 Å². The van der Waals surface area contributed by atoms with Gasteiger partial charge >= 0.3 is 0 Å². The molecule has 0 aliphatic heterocycles. The molecule has 0 saturated heterocycles. The summed E-state index contributed by atoms with van der Waals surface area (Å²) in [6.07, 6.45) is 3.17. The maximum atomic E-state index is 5.56. The predicted octanol–water partition coefficient (Wildman–Crippen LogP) is 1.32. The van der Waals surface area contributed by atoms with E-state index in [1.54, 1.807) is 12.3 Å². The number of aromatic nitrogens is 2. The number of nitrogens with one attached hydrogen (secondary N) is 1. The smallest absolute Gasteiger partial charge is 0.124 e. The summed E-state index contributed by atoms with van der Waals surface area (Å²) >= 11 is 4.90. The summed E-state index contributed by atoms with van der Waals surface area (Å²) in [7, 11) is 0. The number of hydrogen-bond donors (Lipinski definition) is 2. The van der Waals surface area contributed by atoms with Crippen molar-refractivity contribution in [3.63, 3.8) is 0 Å². The third kappa shape index (κ3) is 2.34. The average molecular weight is 234 g/mol. The zero-order valence-electron chi connectivity index (χ0n) is 8.38. The van der Waals surface area contributed by atoms with Gasteiger partial charge in [-0.15, -0.1) is 0 Å². The Kier molecular flexibility index (Phi) is 3.11. The fourth-order valence-electron chi connectivity index (χ4n) is 1.26. The second kappa shape index (κ2) is 4.71. The van der Waals surface area contributed by atoms with Gasteiger partial charge in [0.05, 0.1) is 12.2 Å². The van der Waals surface area contributed by atoms with Crippen LogP contribution in [-0.4, -0.2) is 15.1 Å². The summed E-state index contributed by atoms with van der Waals surface area (Å²) in [5.41, 5.74) is 7.74. The van der Waals surface area contributed by atoms with E-state index < -0.39 is 0 Å². The summed E-state index contributed by atoms with van der Waals surface area (Å²) in [4.78, 5) is 4.37. The SMILES string of the molecule is NC(=S)c1ncccc1NCc1ccon1. The highest BCUT2D eigenvalue weighted by atomic mass is 32.1. The van der Waals surface area contributed by atoms with Crippen LogP contribution in [0.2, 0.25) is 0 Å². The molecule has 0 spiro atoms. The second-order valence-corrected chi connectivity index (χ2v) is 3.55. The molecule has 2 aromatic rings. The minimum Gasteiger partial charge on any atom is -0.388 e. The Bertz CT molecular complexity index is 483. The molecule has 0 unspecified atom stereocenters. The Labute approximate surface area is 97.7 Å². The zero-order chi connectivity index (χ0) is 11.4. The standard InChI is InChI=1S/C10H10N4OS/c11-10(16)9-8(2-1-4-12-9)13-6-7-3-5-15-14-7/h1-5,13H,6H2,(H2,11,16). The minimum atomic E-state index is 0.267. The molecule has 16 heavy (non-hydrogen) atoms. The van der Waals surface area contributed by atoms with E-state index in [2.05, 4.69) is 15.5 Å². The van der Waals surface area contributed by atoms with E-state index in [9.17, 15) is 0 Å². The first-order valence-electron chi connectivity index (χ1n) is 4.65. The molecule has 0 radical (unpaired) electrons. The number of anilines is 1. The van der Waals surface area contributed by atoms with E-state index in [1.807, 2.05) is 12.1 Å². The second-order valence-electron chi connectivity index (χ2n) is 3.11. The molecule has 82 valence electrons. The summed E-state index contributed by atoms with van der Waals surface area (Å²) in [6, 6.07) is 5.46. The van der Waals surface area contributed by atoms with Crippen LogP contribution in [0, 0.1) is 0 Å². The van der Waals surface area contributed by atoms with Gasteiger partial charge in [0.2, 0.25) is 0 Å². The maximum Gasteiger partial charge on any atom is 0.124 e. The largest absolute Gasteiger partial charge is 0.388 e. The molecular weight excluding hydrogens is 224 g/mol. The lowest BCUT2D eigenvalue weighted by molar-refractivity contribution is 0.412. The van der Waals surface area contributed by atoms with Crippen LogP contribution in [0.15, 0.2) is 35.2 Å². The predicted molar refractivity (Wildman–Crippen MR) is 64.0 cm³/mol. The third-order valence-electron chi connectivity index (χ3n) is 1.99. The molecule has 6 heteroatoms. The quantitative estimate of drug-likeness (QED) is 0.777. The van der Waals surface area contributed by atoms with Crippen molar-refractivity contribution < 1.29 is 4.52 Å². The van der Waals surface area contributed by atoms with Crippen LogP contribution in [0.5, 0.6) is 0 Å². The molecule has 2 rings (SSSR count). The molecule has 0 aliphatic rings. The van der Waals surface area contributed by atoms with Crippen molar-refractivity contribution in [1.82, 2.24) is 10.1 Å². The van der Waals surface area contributed by atoms with E-state index in [4.69, 9.17) is 22.5 Å². The Hall–Kier alpha value is -1.95. The normalized spacial score (nSPS) is 10.0. The van der Waals surface area contributed by atoms with Gasteiger partial charge in [0.15, 0.2) is 0 Å². The van der Waals surface area contributed by atoms with Crippen molar-refractivity contribution in [2.45, 2.75) is 6.54 Å². The van der Waals surface area contributed by atoms with Gasteiger partial charge in [-0.3, -0.25) is 4.98 Å². The van der Waals surface area contributed by atoms with Crippen molar-refractivity contribution in [3.05, 3.63) is 42.0 Å². The Morgan fingerprint density at radius 1 is 1.50 bits per heavy atom. The van der Waals surface area contributed by atoms with Crippen LogP contribution in [0.3, 0.4) is 0 Å². The van der Waals surface area contributed by atoms with Gasteiger partial charge < -0.3 is 15.6 Å². The topological polar surface area (TPSA) is 77.0 Å². The van der Waals surface area contributed by atoms with Gasteiger partial charge in [0, 0.05) is 12.3 Å². The van der Waals surface area contributed by atoms with Crippen molar-refractivity contribution >= 4 is 22.9 Å². The summed E-state index contributed by atoms with van der Waals surface area (Å²) in [5.74, 6) is 0. The van der Waals surface area contributed by atoms with Crippen LogP contribution in [0.25, 0.3) is 0 Å². The van der Waals surface area contributed by atoms with Gasteiger partial charge in [-0.05, 0) is 12.1 Å². The van der Waals surface area contributed by atoms with E-state index in [0.717, 1.165) is 11.4 Å². The monoisotopic (exact) mass is 234 g/mol. The van der Waals surface area contributed by atoms with Crippen LogP contribution < -0.4 is 11.1 Å². The van der Waals surface area contributed by atoms with Crippen molar-refractivity contribution in [2.24, 2.45) is 5.73 Å². The Morgan fingerprint density at radius 3 is 3.06 bits per heavy atom. The van der Waals surface area contributed by atoms with Crippen LogP contribution in [0.4, 0.5) is 5.69 Å². The molecule has 0 bridgehead atoms. The molecule has 0 saturated carbocycles. The average Bonchev–Trinajstić information content (AvgIpc) is 2.79. The van der Waals surface area contributed by atoms with Crippen molar-refractivity contribution in [3.8, 4) is 0 Å². The summed E-state index contributed by atoms with van der Waals surface area (Å²) in [6.45, 7) is 0.539. The summed E-state index contributed by atoms with van der Waals surface area (Å²) < 4.78 is 4.72. The fourth-order valence-corrected chi connectivity index (χ4v) is 1.42. The molecule has 0 aliphatic carbocycles. The van der Waals surface area contributed by atoms with Gasteiger partial charge in [0.25, 0.3) is 0 Å². The van der Waals surface area contributed by atoms with Gasteiger partial charge in [0.1, 0.15) is 22.6 Å². The van der Waals surface area contributed by atoms with E-state index in [0.29, 0.717) is 12.2 Å². The lowest BCUT2D eigenvalue weighted by atomic mass is 10.3. The number of nitrogens with two attached hydrogens (primary N) is 1. The molecule has 2 aromatic heterocycles. The number of hydrogen-bond acceptors (Lipinski definition) is 5. The van der Waals surface area contributed by atoms with Crippen molar-refractivity contribution in [2.75, 3.05) is 5.32 Å². The Morgan fingerprint density at radius 2 is 2.38 bits per heavy atom. The van der Waals surface area contributed by atoms with Crippen LogP contribution in [-0.2, 0) is 6.54 Å². The first-order valence-corrected chi connectivity index (χ1v) is 5.06. The lowest BCUT2D eigenvalue weighted by Crippen LogP contribution is -2.15. The zero-order valence-corrected chi connectivity index (χ0v) is 9.20. The number of pyridine rings is 1. The fraction of sp³-hybridized carbons (Fsp3) is 0.100. The number of thiocarbonyl (C=S) groups is 1. The van der Waals surface area contributed by atoms with Gasteiger partial charge in [-0.1, -0.05) is 17.4 Å². The number of nitrogens with zero attached hydrogens (tertiary/aromatic N) is 2. The molecule has 0 amide bonds. The molecule has 2 heterocycles. The molecule has 0 aromatic carbocycles. The highest BCUT2D eigenvalue weighted by Crippen LogP contribution is 2.12. The maximum absolute atomic E-state index is 5.56. The molecule has 0 atom stereocenters. The Balaban J connectivity index is 2.12. The van der Waals surface area contributed by atoms with Gasteiger partial charge in [-0.2, -0.15) is 0 Å². The van der Waals surface area contributed by atoms with E-state index in [1.165, 1.54) is 6.26 Å². The molecular formula is C10H10N4OS.